The Morgan fingerprint density at radius 2 is 1.83 bits per heavy atom. The van der Waals surface area contributed by atoms with Crippen molar-refractivity contribution in [2.45, 2.75) is 11.6 Å². The molecule has 2 aromatic carbocycles. The molecule has 7 heteroatoms. The second-order valence-electron chi connectivity index (χ2n) is 4.80. The number of benzene rings is 2. The molecule has 0 radical (unpaired) electrons. The molecule has 5 nitrogen and oxygen atoms in total. The fourth-order valence-electron chi connectivity index (χ4n) is 2.07. The summed E-state index contributed by atoms with van der Waals surface area (Å²) < 4.78 is 6.88. The number of hydrogen-bond acceptors (Lipinski definition) is 5. The zero-order valence-corrected chi connectivity index (χ0v) is 14.1. The van der Waals surface area contributed by atoms with Crippen LogP contribution < -0.4 is 4.74 Å². The largest absolute Gasteiger partial charge is 0.497 e. The van der Waals surface area contributed by atoms with E-state index in [1.165, 1.54) is 5.56 Å². The van der Waals surface area contributed by atoms with Gasteiger partial charge in [-0.25, -0.2) is 0 Å². The topological polar surface area (TPSA) is 52.8 Å². The van der Waals surface area contributed by atoms with Gasteiger partial charge >= 0.3 is 0 Å². The summed E-state index contributed by atoms with van der Waals surface area (Å²) in [6.07, 6.45) is 0.933. The van der Waals surface area contributed by atoms with Crippen LogP contribution in [0.1, 0.15) is 5.56 Å². The number of ether oxygens (including phenoxy) is 1. The SMILES string of the molecule is COc1ccc(CCSc2nnnn2-c2ccc(Cl)cc2)cc1. The van der Waals surface area contributed by atoms with Crippen molar-refractivity contribution >= 4 is 23.4 Å². The fraction of sp³-hybridized carbons (Fsp3) is 0.188. The van der Waals surface area contributed by atoms with Gasteiger partial charge in [0, 0.05) is 10.8 Å². The summed E-state index contributed by atoms with van der Waals surface area (Å²) >= 11 is 7.53. The van der Waals surface area contributed by atoms with Crippen LogP contribution in [0.2, 0.25) is 5.02 Å². The number of methoxy groups -OCH3 is 1. The van der Waals surface area contributed by atoms with Gasteiger partial charge in [-0.1, -0.05) is 35.5 Å². The van der Waals surface area contributed by atoms with Gasteiger partial charge in [0.2, 0.25) is 5.16 Å². The Kier molecular flexibility index (Phi) is 5.15. The first kappa shape index (κ1) is 15.8. The van der Waals surface area contributed by atoms with Gasteiger partial charge in [0.05, 0.1) is 12.8 Å². The molecule has 3 aromatic rings. The van der Waals surface area contributed by atoms with Gasteiger partial charge in [0.25, 0.3) is 0 Å². The van der Waals surface area contributed by atoms with Crippen molar-refractivity contribution in [3.05, 3.63) is 59.1 Å². The number of rotatable bonds is 6. The van der Waals surface area contributed by atoms with Gasteiger partial charge in [0.15, 0.2) is 0 Å². The van der Waals surface area contributed by atoms with E-state index >= 15 is 0 Å². The molecule has 0 unspecified atom stereocenters. The van der Waals surface area contributed by atoms with Crippen LogP contribution in [-0.4, -0.2) is 33.1 Å². The normalized spacial score (nSPS) is 10.7. The number of hydrogen-bond donors (Lipinski definition) is 0. The summed E-state index contributed by atoms with van der Waals surface area (Å²) in [5.74, 6) is 1.76. The summed E-state index contributed by atoms with van der Waals surface area (Å²) in [5.41, 5.74) is 2.15. The maximum absolute atomic E-state index is 5.91. The lowest BCUT2D eigenvalue weighted by atomic mass is 10.2. The molecule has 0 atom stereocenters. The van der Waals surface area contributed by atoms with E-state index in [0.717, 1.165) is 28.8 Å². The third-order valence-electron chi connectivity index (χ3n) is 3.29. The molecular formula is C16H15ClN4OS. The van der Waals surface area contributed by atoms with E-state index in [9.17, 15) is 0 Å². The Morgan fingerprint density at radius 1 is 1.09 bits per heavy atom. The molecule has 0 aliphatic rings. The number of tetrazole rings is 1. The fourth-order valence-corrected chi connectivity index (χ4v) is 3.07. The maximum Gasteiger partial charge on any atom is 0.214 e. The first-order chi connectivity index (χ1) is 11.3. The van der Waals surface area contributed by atoms with Crippen molar-refractivity contribution in [1.29, 1.82) is 0 Å². The van der Waals surface area contributed by atoms with Gasteiger partial charge in [-0.2, -0.15) is 4.68 Å². The van der Waals surface area contributed by atoms with Gasteiger partial charge < -0.3 is 4.74 Å². The third-order valence-corrected chi connectivity index (χ3v) is 4.47. The molecule has 0 aliphatic heterocycles. The molecule has 23 heavy (non-hydrogen) atoms. The maximum atomic E-state index is 5.91. The second-order valence-corrected chi connectivity index (χ2v) is 6.29. The van der Waals surface area contributed by atoms with Crippen LogP contribution >= 0.6 is 23.4 Å². The minimum atomic E-state index is 0.690. The van der Waals surface area contributed by atoms with Crippen molar-refractivity contribution in [2.75, 3.05) is 12.9 Å². The van der Waals surface area contributed by atoms with Crippen LogP contribution in [0.3, 0.4) is 0 Å². The standard InChI is InChI=1S/C16H15ClN4OS/c1-22-15-8-2-12(3-9-15)10-11-23-16-18-19-20-21(16)14-6-4-13(17)5-7-14/h2-9H,10-11H2,1H3. The van der Waals surface area contributed by atoms with E-state index in [1.807, 2.05) is 36.4 Å². The molecule has 0 N–H and O–H groups in total. The van der Waals surface area contributed by atoms with Crippen molar-refractivity contribution in [3.8, 4) is 11.4 Å². The quantitative estimate of drug-likeness (QED) is 0.637. The minimum absolute atomic E-state index is 0.690. The number of thioether (sulfide) groups is 1. The minimum Gasteiger partial charge on any atom is -0.497 e. The van der Waals surface area contributed by atoms with Crippen LogP contribution in [0.5, 0.6) is 5.75 Å². The van der Waals surface area contributed by atoms with Crippen molar-refractivity contribution in [2.24, 2.45) is 0 Å². The average Bonchev–Trinajstić information content (AvgIpc) is 3.05. The molecule has 0 spiro atoms. The summed E-state index contributed by atoms with van der Waals surface area (Å²) in [7, 11) is 1.67. The molecule has 0 fully saturated rings. The highest BCUT2D eigenvalue weighted by Crippen LogP contribution is 2.21. The zero-order valence-electron chi connectivity index (χ0n) is 12.5. The molecule has 3 rings (SSSR count). The highest BCUT2D eigenvalue weighted by Gasteiger charge is 2.09. The van der Waals surface area contributed by atoms with E-state index in [2.05, 4.69) is 27.7 Å². The second kappa shape index (κ2) is 7.48. The monoisotopic (exact) mass is 346 g/mol. The molecule has 1 aromatic heterocycles. The number of aromatic nitrogens is 4. The van der Waals surface area contributed by atoms with E-state index in [-0.39, 0.29) is 0 Å². The molecule has 0 amide bonds. The lowest BCUT2D eigenvalue weighted by Gasteiger charge is -2.05. The van der Waals surface area contributed by atoms with Gasteiger partial charge in [0.1, 0.15) is 5.75 Å². The van der Waals surface area contributed by atoms with E-state index in [0.29, 0.717) is 5.02 Å². The van der Waals surface area contributed by atoms with Crippen molar-refractivity contribution < 1.29 is 4.74 Å². The highest BCUT2D eigenvalue weighted by molar-refractivity contribution is 7.99. The molecule has 118 valence electrons. The van der Waals surface area contributed by atoms with E-state index < -0.39 is 0 Å². The van der Waals surface area contributed by atoms with Crippen LogP contribution in [0, 0.1) is 0 Å². The average molecular weight is 347 g/mol. The molecule has 0 saturated carbocycles. The van der Waals surface area contributed by atoms with Crippen LogP contribution in [0.25, 0.3) is 5.69 Å². The summed E-state index contributed by atoms with van der Waals surface area (Å²) in [6.45, 7) is 0. The first-order valence-corrected chi connectivity index (χ1v) is 8.42. The lowest BCUT2D eigenvalue weighted by molar-refractivity contribution is 0.414. The van der Waals surface area contributed by atoms with Gasteiger partial charge in [-0.05, 0) is 58.8 Å². The van der Waals surface area contributed by atoms with Crippen molar-refractivity contribution in [3.63, 3.8) is 0 Å². The van der Waals surface area contributed by atoms with Crippen LogP contribution in [0.15, 0.2) is 53.7 Å². The Labute approximate surface area is 143 Å². The number of nitrogens with zero attached hydrogens (tertiary/aromatic N) is 4. The molecule has 0 saturated heterocycles. The summed E-state index contributed by atoms with van der Waals surface area (Å²) in [5, 5.41) is 13.3. The molecular weight excluding hydrogens is 332 g/mol. The highest BCUT2D eigenvalue weighted by atomic mass is 35.5. The van der Waals surface area contributed by atoms with Gasteiger partial charge in [-0.3, -0.25) is 0 Å². The van der Waals surface area contributed by atoms with Crippen molar-refractivity contribution in [1.82, 2.24) is 20.2 Å². The molecule has 0 bridgehead atoms. The predicted molar refractivity (Wildman–Crippen MR) is 91.6 cm³/mol. The molecule has 1 heterocycles. The van der Waals surface area contributed by atoms with Crippen LogP contribution in [-0.2, 0) is 6.42 Å². The predicted octanol–water partition coefficient (Wildman–Crippen LogP) is 3.66. The Morgan fingerprint density at radius 3 is 2.52 bits per heavy atom. The lowest BCUT2D eigenvalue weighted by Crippen LogP contribution is -1.99. The summed E-state index contributed by atoms with van der Waals surface area (Å²) in [4.78, 5) is 0. The van der Waals surface area contributed by atoms with Gasteiger partial charge in [-0.15, -0.1) is 5.10 Å². The number of halogens is 1. The summed E-state index contributed by atoms with van der Waals surface area (Å²) in [6, 6.07) is 15.5. The van der Waals surface area contributed by atoms with E-state index in [4.69, 9.17) is 16.3 Å². The first-order valence-electron chi connectivity index (χ1n) is 7.06. The van der Waals surface area contributed by atoms with Crippen LogP contribution in [0.4, 0.5) is 0 Å². The zero-order chi connectivity index (χ0) is 16.1. The third kappa shape index (κ3) is 4.03. The number of aryl methyl sites for hydroxylation is 1. The molecule has 0 aliphatic carbocycles. The smallest absolute Gasteiger partial charge is 0.214 e. The Bertz CT molecular complexity index is 759. The Hall–Kier alpha value is -2.05. The Balaban J connectivity index is 1.62. The van der Waals surface area contributed by atoms with E-state index in [1.54, 1.807) is 23.6 Å².